The van der Waals surface area contributed by atoms with Crippen LogP contribution in [0, 0.1) is 11.6 Å². The van der Waals surface area contributed by atoms with Crippen molar-refractivity contribution in [1.29, 1.82) is 0 Å². The number of aromatic nitrogens is 2. The molecule has 0 amide bonds. The van der Waals surface area contributed by atoms with Gasteiger partial charge in [-0.3, -0.25) is 0 Å². The van der Waals surface area contributed by atoms with E-state index in [9.17, 15) is 8.78 Å². The van der Waals surface area contributed by atoms with Gasteiger partial charge in [-0.15, -0.1) is 0 Å². The summed E-state index contributed by atoms with van der Waals surface area (Å²) in [7, 11) is 0. The van der Waals surface area contributed by atoms with Gasteiger partial charge in [0, 0.05) is 16.9 Å². The molecule has 2 aromatic rings. The number of halogens is 3. The van der Waals surface area contributed by atoms with E-state index in [1.54, 1.807) is 6.07 Å². The van der Waals surface area contributed by atoms with Crippen LogP contribution in [0.2, 0.25) is 0 Å². The van der Waals surface area contributed by atoms with Crippen LogP contribution < -0.4 is 0 Å². The summed E-state index contributed by atoms with van der Waals surface area (Å²) in [4.78, 5) is 9.39. The minimum absolute atomic E-state index is 0.446. The number of nitrogens with zero attached hydrogens (tertiary/aromatic N) is 2. The summed E-state index contributed by atoms with van der Waals surface area (Å²) in [5, 5.41) is 0.731. The maximum atomic E-state index is 13.1. The summed E-state index contributed by atoms with van der Waals surface area (Å²) >= 11 is 4.65. The zero-order valence-electron chi connectivity index (χ0n) is 9.74. The molecule has 1 aromatic carbocycles. The highest BCUT2D eigenvalue weighted by molar-refractivity contribution is 9.10. The molecular formula is C13H9BrF2N2S. The smallest absolute Gasteiger partial charge is 0.159 e. The van der Waals surface area contributed by atoms with Crippen LogP contribution >= 0.6 is 27.7 Å². The molecule has 2 nitrogen and oxygen atoms in total. The Kier molecular flexibility index (Phi) is 3.54. The van der Waals surface area contributed by atoms with Gasteiger partial charge in [-0.2, -0.15) is 0 Å². The monoisotopic (exact) mass is 342 g/mol. The maximum Gasteiger partial charge on any atom is 0.159 e. The van der Waals surface area contributed by atoms with Crippen LogP contribution in [0.3, 0.4) is 0 Å². The van der Waals surface area contributed by atoms with Crippen molar-refractivity contribution >= 4 is 27.7 Å². The molecule has 1 aliphatic carbocycles. The molecule has 1 fully saturated rings. The van der Waals surface area contributed by atoms with Crippen molar-refractivity contribution in [2.45, 2.75) is 28.7 Å². The summed E-state index contributed by atoms with van der Waals surface area (Å²) in [5.74, 6) is -0.423. The predicted molar refractivity (Wildman–Crippen MR) is 72.2 cm³/mol. The molecule has 0 N–H and O–H groups in total. The maximum absolute atomic E-state index is 13.1. The van der Waals surface area contributed by atoms with E-state index in [1.165, 1.54) is 23.9 Å². The first-order chi connectivity index (χ1) is 9.11. The molecular weight excluding hydrogens is 334 g/mol. The van der Waals surface area contributed by atoms with Crippen molar-refractivity contribution in [3.8, 4) is 0 Å². The van der Waals surface area contributed by atoms with E-state index in [0.717, 1.165) is 34.4 Å². The molecule has 19 heavy (non-hydrogen) atoms. The molecule has 0 spiro atoms. The average Bonchev–Trinajstić information content (AvgIpc) is 3.17. The van der Waals surface area contributed by atoms with Gasteiger partial charge >= 0.3 is 0 Å². The molecule has 0 saturated heterocycles. The van der Waals surface area contributed by atoms with Crippen LogP contribution in [0.25, 0.3) is 0 Å². The van der Waals surface area contributed by atoms with E-state index in [4.69, 9.17) is 0 Å². The minimum atomic E-state index is -0.847. The number of rotatable bonds is 3. The highest BCUT2D eigenvalue weighted by atomic mass is 79.9. The highest BCUT2D eigenvalue weighted by Gasteiger charge is 2.27. The topological polar surface area (TPSA) is 25.8 Å². The Morgan fingerprint density at radius 2 is 1.89 bits per heavy atom. The molecule has 0 radical (unpaired) electrons. The van der Waals surface area contributed by atoms with E-state index in [0.29, 0.717) is 10.8 Å². The first-order valence-corrected chi connectivity index (χ1v) is 7.40. The Hall–Kier alpha value is -1.01. The van der Waals surface area contributed by atoms with Crippen LogP contribution in [0.4, 0.5) is 8.78 Å². The Morgan fingerprint density at radius 3 is 2.58 bits per heavy atom. The van der Waals surface area contributed by atoms with E-state index in [2.05, 4.69) is 25.9 Å². The van der Waals surface area contributed by atoms with Crippen LogP contribution in [0.1, 0.15) is 24.6 Å². The van der Waals surface area contributed by atoms with Crippen molar-refractivity contribution in [3.63, 3.8) is 0 Å². The molecule has 6 heteroatoms. The fourth-order valence-corrected chi connectivity index (χ4v) is 3.05. The van der Waals surface area contributed by atoms with Crippen molar-refractivity contribution in [1.82, 2.24) is 9.97 Å². The van der Waals surface area contributed by atoms with Crippen LogP contribution in [0.5, 0.6) is 0 Å². The Balaban J connectivity index is 1.87. The summed E-state index contributed by atoms with van der Waals surface area (Å²) in [6, 6.07) is 5.61. The second-order valence-electron chi connectivity index (χ2n) is 4.34. The zero-order chi connectivity index (χ0) is 13.4. The predicted octanol–water partition coefficient (Wildman–Crippen LogP) is 4.55. The lowest BCUT2D eigenvalue weighted by Gasteiger charge is -2.04. The second kappa shape index (κ2) is 5.17. The number of hydrogen-bond acceptors (Lipinski definition) is 3. The van der Waals surface area contributed by atoms with Gasteiger partial charge in [-0.05, 0) is 47.0 Å². The largest absolute Gasteiger partial charge is 0.226 e. The zero-order valence-corrected chi connectivity index (χ0v) is 12.1. The quantitative estimate of drug-likeness (QED) is 0.765. The van der Waals surface area contributed by atoms with E-state index in [-0.39, 0.29) is 0 Å². The fraction of sp³-hybridized carbons (Fsp3) is 0.231. The van der Waals surface area contributed by atoms with Crippen molar-refractivity contribution in [3.05, 3.63) is 46.3 Å². The van der Waals surface area contributed by atoms with E-state index < -0.39 is 11.6 Å². The van der Waals surface area contributed by atoms with E-state index >= 15 is 0 Å². The van der Waals surface area contributed by atoms with Crippen molar-refractivity contribution < 1.29 is 8.78 Å². The standard InChI is InChI=1S/C13H9BrF2N2S/c14-11-6-12(18-13(17-11)7-1-2-7)19-8-3-4-9(15)10(16)5-8/h3-7H,1-2H2. The van der Waals surface area contributed by atoms with Gasteiger partial charge in [0.15, 0.2) is 11.6 Å². The molecule has 1 aromatic heterocycles. The highest BCUT2D eigenvalue weighted by Crippen LogP contribution is 2.39. The molecule has 1 heterocycles. The minimum Gasteiger partial charge on any atom is -0.226 e. The molecule has 0 atom stereocenters. The van der Waals surface area contributed by atoms with Gasteiger partial charge in [0.1, 0.15) is 15.5 Å². The lowest BCUT2D eigenvalue weighted by molar-refractivity contribution is 0.506. The van der Waals surface area contributed by atoms with Gasteiger partial charge in [0.2, 0.25) is 0 Å². The lowest BCUT2D eigenvalue weighted by Crippen LogP contribution is -1.94. The average molecular weight is 343 g/mol. The summed E-state index contributed by atoms with van der Waals surface area (Å²) < 4.78 is 26.7. The number of hydrogen-bond donors (Lipinski definition) is 0. The fourth-order valence-electron chi connectivity index (χ4n) is 1.65. The van der Waals surface area contributed by atoms with Gasteiger partial charge in [-0.25, -0.2) is 18.7 Å². The molecule has 1 aliphatic rings. The first kappa shape index (κ1) is 13.0. The SMILES string of the molecule is Fc1ccc(Sc2cc(Br)nc(C3CC3)n2)cc1F. The second-order valence-corrected chi connectivity index (χ2v) is 6.25. The van der Waals surface area contributed by atoms with Gasteiger partial charge in [0.25, 0.3) is 0 Å². The van der Waals surface area contributed by atoms with Crippen molar-refractivity contribution in [2.24, 2.45) is 0 Å². The van der Waals surface area contributed by atoms with Crippen LogP contribution in [0.15, 0.2) is 38.8 Å². The third kappa shape index (κ3) is 3.12. The Morgan fingerprint density at radius 1 is 1.11 bits per heavy atom. The Labute approximate surface area is 121 Å². The molecule has 1 saturated carbocycles. The number of benzene rings is 1. The summed E-state index contributed by atoms with van der Waals surface area (Å²) in [6.45, 7) is 0. The lowest BCUT2D eigenvalue weighted by atomic mass is 10.3. The van der Waals surface area contributed by atoms with Gasteiger partial charge < -0.3 is 0 Å². The first-order valence-electron chi connectivity index (χ1n) is 5.79. The molecule has 0 aliphatic heterocycles. The molecule has 98 valence electrons. The third-order valence-electron chi connectivity index (χ3n) is 2.74. The molecule has 0 unspecified atom stereocenters. The van der Waals surface area contributed by atoms with Crippen molar-refractivity contribution in [2.75, 3.05) is 0 Å². The van der Waals surface area contributed by atoms with Crippen LogP contribution in [-0.2, 0) is 0 Å². The Bertz CT molecular complexity index is 632. The summed E-state index contributed by atoms with van der Waals surface area (Å²) in [5.41, 5.74) is 0. The summed E-state index contributed by atoms with van der Waals surface area (Å²) in [6.07, 6.45) is 2.23. The van der Waals surface area contributed by atoms with E-state index in [1.807, 2.05) is 0 Å². The van der Waals surface area contributed by atoms with Crippen LogP contribution in [-0.4, -0.2) is 9.97 Å². The van der Waals surface area contributed by atoms with Gasteiger partial charge in [0.05, 0.1) is 0 Å². The normalized spacial score (nSPS) is 14.7. The van der Waals surface area contributed by atoms with Gasteiger partial charge in [-0.1, -0.05) is 11.8 Å². The third-order valence-corrected chi connectivity index (χ3v) is 4.06. The molecule has 0 bridgehead atoms. The molecule has 3 rings (SSSR count).